The number of guanidine groups is 1. The van der Waals surface area contributed by atoms with E-state index in [1.807, 2.05) is 0 Å². The van der Waals surface area contributed by atoms with E-state index in [9.17, 15) is 4.79 Å². The number of aliphatic imine (C=N–C) groups is 1. The quantitative estimate of drug-likeness (QED) is 0.357. The number of primary amides is 1. The van der Waals surface area contributed by atoms with Gasteiger partial charge in [-0.1, -0.05) is 0 Å². The lowest BCUT2D eigenvalue weighted by Crippen LogP contribution is -2.37. The third-order valence-corrected chi connectivity index (χ3v) is 3.37. The van der Waals surface area contributed by atoms with E-state index >= 15 is 0 Å². The summed E-state index contributed by atoms with van der Waals surface area (Å²) in [6, 6.07) is 3.28. The van der Waals surface area contributed by atoms with E-state index in [1.54, 1.807) is 19.2 Å². The van der Waals surface area contributed by atoms with Crippen molar-refractivity contribution in [3.05, 3.63) is 23.7 Å². The number of nitrogens with two attached hydrogens (primary N) is 1. The third kappa shape index (κ3) is 5.77. The van der Waals surface area contributed by atoms with Crippen LogP contribution in [0.2, 0.25) is 0 Å². The van der Waals surface area contributed by atoms with E-state index in [0.717, 1.165) is 32.1 Å². The van der Waals surface area contributed by atoms with Crippen molar-refractivity contribution in [2.75, 3.05) is 26.8 Å². The van der Waals surface area contributed by atoms with Gasteiger partial charge in [-0.05, 0) is 37.3 Å². The number of carbonyl (C=O) groups is 1. The number of amides is 1. The summed E-state index contributed by atoms with van der Waals surface area (Å²) in [5, 5.41) is 6.31. The predicted octanol–water partition coefficient (Wildman–Crippen LogP) is 0.860. The van der Waals surface area contributed by atoms with Crippen LogP contribution < -0.4 is 16.4 Å². The van der Waals surface area contributed by atoms with Crippen LogP contribution in [0.3, 0.4) is 0 Å². The summed E-state index contributed by atoms with van der Waals surface area (Å²) in [5.41, 5.74) is 5.14. The summed E-state index contributed by atoms with van der Waals surface area (Å²) in [6.45, 7) is 2.88. The predicted molar refractivity (Wildman–Crippen MR) is 83.6 cm³/mol. The van der Waals surface area contributed by atoms with Crippen LogP contribution in [0.1, 0.15) is 35.6 Å². The van der Waals surface area contributed by atoms with Crippen LogP contribution in [0.5, 0.6) is 0 Å². The van der Waals surface area contributed by atoms with E-state index in [4.69, 9.17) is 14.9 Å². The fraction of sp³-hybridized carbons (Fsp3) is 0.600. The van der Waals surface area contributed by atoms with Crippen molar-refractivity contribution in [1.29, 1.82) is 0 Å². The van der Waals surface area contributed by atoms with Crippen molar-refractivity contribution in [2.24, 2.45) is 16.6 Å². The van der Waals surface area contributed by atoms with Gasteiger partial charge in [-0.3, -0.25) is 9.79 Å². The van der Waals surface area contributed by atoms with Crippen LogP contribution in [0.25, 0.3) is 0 Å². The summed E-state index contributed by atoms with van der Waals surface area (Å²) < 4.78 is 10.9. The molecule has 1 aliphatic rings. The van der Waals surface area contributed by atoms with Crippen LogP contribution >= 0.6 is 0 Å². The molecule has 1 saturated carbocycles. The van der Waals surface area contributed by atoms with Gasteiger partial charge in [0.25, 0.3) is 5.91 Å². The Morgan fingerprint density at radius 2 is 2.27 bits per heavy atom. The second-order valence-electron chi connectivity index (χ2n) is 5.35. The maximum absolute atomic E-state index is 10.9. The van der Waals surface area contributed by atoms with Gasteiger partial charge in [-0.15, -0.1) is 0 Å². The zero-order valence-corrected chi connectivity index (χ0v) is 12.9. The van der Waals surface area contributed by atoms with Crippen molar-refractivity contribution in [1.82, 2.24) is 10.6 Å². The Morgan fingerprint density at radius 1 is 1.45 bits per heavy atom. The highest BCUT2D eigenvalue weighted by Crippen LogP contribution is 2.28. The molecule has 7 heteroatoms. The Bertz CT molecular complexity index is 509. The molecular weight excluding hydrogens is 284 g/mol. The summed E-state index contributed by atoms with van der Waals surface area (Å²) >= 11 is 0. The smallest absolute Gasteiger partial charge is 0.284 e. The molecule has 0 atom stereocenters. The molecule has 1 aromatic heterocycles. The Balaban J connectivity index is 1.58. The first-order valence-electron chi connectivity index (χ1n) is 7.60. The zero-order valence-electron chi connectivity index (χ0n) is 12.9. The van der Waals surface area contributed by atoms with Gasteiger partial charge in [0.15, 0.2) is 11.7 Å². The molecule has 0 radical (unpaired) electrons. The molecule has 4 N–H and O–H groups in total. The van der Waals surface area contributed by atoms with Gasteiger partial charge in [-0.2, -0.15) is 0 Å². The molecule has 0 spiro atoms. The summed E-state index contributed by atoms with van der Waals surface area (Å²) in [4.78, 5) is 15.1. The number of rotatable bonds is 9. The van der Waals surface area contributed by atoms with E-state index in [0.29, 0.717) is 18.3 Å². The van der Waals surface area contributed by atoms with E-state index in [1.165, 1.54) is 12.8 Å². The lowest BCUT2D eigenvalue weighted by Gasteiger charge is -2.11. The highest BCUT2D eigenvalue weighted by atomic mass is 16.5. The summed E-state index contributed by atoms with van der Waals surface area (Å²) in [5.74, 6) is 1.71. The number of ether oxygens (including phenoxy) is 1. The van der Waals surface area contributed by atoms with Crippen molar-refractivity contribution in [3.63, 3.8) is 0 Å². The minimum Gasteiger partial charge on any atom is -0.454 e. The van der Waals surface area contributed by atoms with Gasteiger partial charge in [0.05, 0.1) is 6.54 Å². The molecule has 1 aliphatic carbocycles. The second kappa shape index (κ2) is 8.43. The number of hydrogen-bond donors (Lipinski definition) is 3. The molecule has 1 amide bonds. The maximum Gasteiger partial charge on any atom is 0.284 e. The Morgan fingerprint density at radius 3 is 2.91 bits per heavy atom. The molecule has 1 heterocycles. The van der Waals surface area contributed by atoms with Crippen LogP contribution in [0, 0.1) is 5.92 Å². The monoisotopic (exact) mass is 308 g/mol. The van der Waals surface area contributed by atoms with E-state index < -0.39 is 5.91 Å². The molecular formula is C15H24N4O3. The third-order valence-electron chi connectivity index (χ3n) is 3.37. The van der Waals surface area contributed by atoms with E-state index in [-0.39, 0.29) is 5.76 Å². The minimum atomic E-state index is -0.569. The van der Waals surface area contributed by atoms with Crippen molar-refractivity contribution in [2.45, 2.75) is 25.8 Å². The first-order valence-corrected chi connectivity index (χ1v) is 7.60. The number of nitrogens with one attached hydrogen (secondary N) is 2. The average Bonchev–Trinajstić information content (AvgIpc) is 3.20. The van der Waals surface area contributed by atoms with Gasteiger partial charge in [0.1, 0.15) is 5.76 Å². The lowest BCUT2D eigenvalue weighted by atomic mass is 10.4. The highest BCUT2D eigenvalue weighted by Gasteiger charge is 2.20. The van der Waals surface area contributed by atoms with Crippen LogP contribution in [-0.2, 0) is 11.3 Å². The maximum atomic E-state index is 10.9. The first-order chi connectivity index (χ1) is 10.7. The molecule has 22 heavy (non-hydrogen) atoms. The number of hydrogen-bond acceptors (Lipinski definition) is 4. The molecule has 0 bridgehead atoms. The summed E-state index contributed by atoms with van der Waals surface area (Å²) in [6.07, 6.45) is 3.57. The van der Waals surface area contributed by atoms with Crippen LogP contribution in [-0.4, -0.2) is 38.7 Å². The highest BCUT2D eigenvalue weighted by molar-refractivity contribution is 5.89. The summed E-state index contributed by atoms with van der Waals surface area (Å²) in [7, 11) is 1.70. The molecule has 122 valence electrons. The van der Waals surface area contributed by atoms with Crippen molar-refractivity contribution < 1.29 is 13.9 Å². The SMILES string of the molecule is CN=C(NCCCOCC1CC1)NCc1ccc(C(N)=O)o1. The molecule has 2 rings (SSSR count). The normalized spacial score (nSPS) is 14.9. The standard InChI is InChI=1S/C15H24N4O3/c1-17-15(18-7-2-8-21-10-11-3-4-11)19-9-12-5-6-13(22-12)14(16)20/h5-6,11H,2-4,7-10H2,1H3,(H2,16,20)(H2,17,18,19). The van der Waals surface area contributed by atoms with Gasteiger partial charge in [-0.25, -0.2) is 0 Å². The second-order valence-corrected chi connectivity index (χ2v) is 5.35. The molecule has 1 aromatic rings. The van der Waals surface area contributed by atoms with Crippen molar-refractivity contribution in [3.8, 4) is 0 Å². The Labute approximate surface area is 130 Å². The fourth-order valence-corrected chi connectivity index (χ4v) is 1.91. The molecule has 0 aliphatic heterocycles. The average molecular weight is 308 g/mol. The van der Waals surface area contributed by atoms with Crippen LogP contribution in [0.15, 0.2) is 21.5 Å². The molecule has 1 fully saturated rings. The number of carbonyl (C=O) groups excluding carboxylic acids is 1. The molecule has 0 saturated heterocycles. The number of nitrogens with zero attached hydrogens (tertiary/aromatic N) is 1. The lowest BCUT2D eigenvalue weighted by molar-refractivity contribution is 0.0972. The van der Waals surface area contributed by atoms with Gasteiger partial charge < -0.3 is 25.5 Å². The topological polar surface area (TPSA) is 102 Å². The largest absolute Gasteiger partial charge is 0.454 e. The fourth-order valence-electron chi connectivity index (χ4n) is 1.91. The van der Waals surface area contributed by atoms with E-state index in [2.05, 4.69) is 15.6 Å². The molecule has 0 unspecified atom stereocenters. The Hall–Kier alpha value is -2.02. The van der Waals surface area contributed by atoms with Crippen LogP contribution in [0.4, 0.5) is 0 Å². The first kappa shape index (κ1) is 16.4. The van der Waals surface area contributed by atoms with Gasteiger partial charge in [0, 0.05) is 26.8 Å². The zero-order chi connectivity index (χ0) is 15.8. The minimum absolute atomic E-state index is 0.160. The Kier molecular flexibility index (Phi) is 6.27. The van der Waals surface area contributed by atoms with Gasteiger partial charge in [0.2, 0.25) is 0 Å². The molecule has 0 aromatic carbocycles. The van der Waals surface area contributed by atoms with Gasteiger partial charge >= 0.3 is 0 Å². The molecule has 7 nitrogen and oxygen atoms in total. The van der Waals surface area contributed by atoms with Crippen molar-refractivity contribution >= 4 is 11.9 Å². The number of furan rings is 1.